The van der Waals surface area contributed by atoms with Gasteiger partial charge >= 0.3 is 0 Å². The molecule has 1 aliphatic rings. The highest BCUT2D eigenvalue weighted by molar-refractivity contribution is 7.89. The van der Waals surface area contributed by atoms with Gasteiger partial charge in [-0.1, -0.05) is 6.07 Å². The molecule has 0 saturated carbocycles. The third-order valence-electron chi connectivity index (χ3n) is 3.83. The fraction of sp³-hybridized carbons (Fsp3) is 0.312. The second kappa shape index (κ2) is 6.76. The van der Waals surface area contributed by atoms with Crippen LogP contribution in [-0.4, -0.2) is 42.9 Å². The van der Waals surface area contributed by atoms with E-state index < -0.39 is 22.0 Å². The molecule has 0 bridgehead atoms. The van der Waals surface area contributed by atoms with Gasteiger partial charge in [0.05, 0.1) is 17.3 Å². The summed E-state index contributed by atoms with van der Waals surface area (Å²) in [4.78, 5) is 12.1. The quantitative estimate of drug-likeness (QED) is 0.874. The molecule has 8 heteroatoms. The molecule has 1 aromatic carbocycles. The molecule has 128 valence electrons. The highest BCUT2D eigenvalue weighted by Crippen LogP contribution is 2.23. The first-order valence-corrected chi connectivity index (χ1v) is 9.04. The van der Waals surface area contributed by atoms with E-state index in [1.165, 1.54) is 28.8 Å². The predicted octanol–water partition coefficient (Wildman–Crippen LogP) is 1.68. The molecule has 1 saturated heterocycles. The number of nitrogens with one attached hydrogen (secondary N) is 1. The first-order valence-electron chi connectivity index (χ1n) is 7.60. The van der Waals surface area contributed by atoms with E-state index in [0.29, 0.717) is 25.1 Å². The second-order valence-electron chi connectivity index (χ2n) is 5.62. The van der Waals surface area contributed by atoms with Crippen LogP contribution >= 0.6 is 0 Å². The fourth-order valence-electron chi connectivity index (χ4n) is 2.62. The van der Waals surface area contributed by atoms with E-state index in [2.05, 4.69) is 5.32 Å². The molecular weight excluding hydrogens is 332 g/mol. The summed E-state index contributed by atoms with van der Waals surface area (Å²) in [6.45, 7) is 0.466. The number of sulfonamides is 1. The number of piperidine rings is 1. The van der Waals surface area contributed by atoms with Crippen molar-refractivity contribution in [1.29, 1.82) is 0 Å². The maximum atomic E-state index is 12.7. The van der Waals surface area contributed by atoms with Crippen LogP contribution in [0.4, 0.5) is 5.69 Å². The van der Waals surface area contributed by atoms with Gasteiger partial charge in [-0.3, -0.25) is 4.79 Å². The van der Waals surface area contributed by atoms with Gasteiger partial charge in [0.2, 0.25) is 10.0 Å². The van der Waals surface area contributed by atoms with E-state index in [-0.39, 0.29) is 17.2 Å². The van der Waals surface area contributed by atoms with Crippen LogP contribution in [0.25, 0.3) is 0 Å². The van der Waals surface area contributed by atoms with Gasteiger partial charge in [-0.25, -0.2) is 8.42 Å². The van der Waals surface area contributed by atoms with Crippen LogP contribution in [0.1, 0.15) is 23.4 Å². The minimum Gasteiger partial charge on any atom is -0.459 e. The lowest BCUT2D eigenvalue weighted by Crippen LogP contribution is -2.42. The minimum absolute atomic E-state index is 0.0776. The number of aliphatic hydroxyl groups is 1. The molecule has 0 radical (unpaired) electrons. The molecule has 2 N–H and O–H groups in total. The maximum Gasteiger partial charge on any atom is 0.291 e. The monoisotopic (exact) mass is 350 g/mol. The van der Waals surface area contributed by atoms with Crippen LogP contribution in [0.2, 0.25) is 0 Å². The molecule has 2 heterocycles. The van der Waals surface area contributed by atoms with Crippen molar-refractivity contribution in [2.24, 2.45) is 0 Å². The van der Waals surface area contributed by atoms with E-state index in [0.717, 1.165) is 0 Å². The summed E-state index contributed by atoms with van der Waals surface area (Å²) in [5.41, 5.74) is 0.357. The van der Waals surface area contributed by atoms with Crippen molar-refractivity contribution < 1.29 is 22.7 Å². The van der Waals surface area contributed by atoms with Crippen molar-refractivity contribution in [1.82, 2.24) is 4.31 Å². The van der Waals surface area contributed by atoms with Gasteiger partial charge in [-0.15, -0.1) is 0 Å². The number of anilines is 1. The molecule has 1 aliphatic heterocycles. The third-order valence-corrected chi connectivity index (χ3v) is 5.70. The highest BCUT2D eigenvalue weighted by atomic mass is 32.2. The Balaban J connectivity index is 1.80. The van der Waals surface area contributed by atoms with Crippen molar-refractivity contribution in [2.45, 2.75) is 23.8 Å². The largest absolute Gasteiger partial charge is 0.459 e. The van der Waals surface area contributed by atoms with E-state index in [9.17, 15) is 18.3 Å². The average molecular weight is 350 g/mol. The number of benzene rings is 1. The molecule has 1 amide bonds. The van der Waals surface area contributed by atoms with E-state index in [4.69, 9.17) is 4.42 Å². The molecule has 1 fully saturated rings. The zero-order chi connectivity index (χ0) is 17.2. The molecule has 0 aliphatic carbocycles. The number of hydrogen-bond acceptors (Lipinski definition) is 5. The molecule has 1 aromatic heterocycles. The smallest absolute Gasteiger partial charge is 0.291 e. The van der Waals surface area contributed by atoms with Gasteiger partial charge in [0, 0.05) is 18.8 Å². The second-order valence-corrected chi connectivity index (χ2v) is 7.56. The topological polar surface area (TPSA) is 99.9 Å². The number of hydrogen-bond donors (Lipinski definition) is 2. The lowest BCUT2D eigenvalue weighted by Gasteiger charge is -2.29. The molecule has 7 nitrogen and oxygen atoms in total. The summed E-state index contributed by atoms with van der Waals surface area (Å²) >= 11 is 0. The standard InChI is InChI=1S/C16H18N2O5S/c19-13-5-2-8-18(11-13)24(21,22)14-6-1-4-12(10-14)17-16(20)15-7-3-9-23-15/h1,3-4,6-7,9-10,13,19H,2,5,8,11H2,(H,17,20). The summed E-state index contributed by atoms with van der Waals surface area (Å²) < 4.78 is 31.6. The van der Waals surface area contributed by atoms with Crippen molar-refractivity contribution in [2.75, 3.05) is 18.4 Å². The number of carbonyl (C=O) groups excluding carboxylic acids is 1. The first kappa shape index (κ1) is 16.7. The molecule has 24 heavy (non-hydrogen) atoms. The Morgan fingerprint density at radius 1 is 1.29 bits per heavy atom. The molecule has 0 spiro atoms. The molecule has 2 aromatic rings. The Labute approximate surface area is 139 Å². The van der Waals surface area contributed by atoms with E-state index >= 15 is 0 Å². The van der Waals surface area contributed by atoms with Crippen LogP contribution in [-0.2, 0) is 10.0 Å². The van der Waals surface area contributed by atoms with Crippen molar-refractivity contribution in [3.8, 4) is 0 Å². The number of furan rings is 1. The van der Waals surface area contributed by atoms with E-state index in [1.54, 1.807) is 18.2 Å². The number of nitrogens with zero attached hydrogens (tertiary/aromatic N) is 1. The van der Waals surface area contributed by atoms with Crippen LogP contribution in [0, 0.1) is 0 Å². The SMILES string of the molecule is O=C(Nc1cccc(S(=O)(=O)N2CCCC(O)C2)c1)c1ccco1. The van der Waals surface area contributed by atoms with Gasteiger partial charge < -0.3 is 14.8 Å². The lowest BCUT2D eigenvalue weighted by molar-refractivity contribution is 0.0996. The molecule has 1 atom stereocenters. The van der Waals surface area contributed by atoms with Crippen molar-refractivity contribution in [3.63, 3.8) is 0 Å². The van der Waals surface area contributed by atoms with Gasteiger partial charge in [0.25, 0.3) is 5.91 Å². The van der Waals surface area contributed by atoms with Gasteiger partial charge in [-0.05, 0) is 43.2 Å². The summed E-state index contributed by atoms with van der Waals surface area (Å²) in [5, 5.41) is 12.3. The Kier molecular flexibility index (Phi) is 4.70. The summed E-state index contributed by atoms with van der Waals surface area (Å²) in [6, 6.07) is 9.15. The van der Waals surface area contributed by atoms with Crippen LogP contribution < -0.4 is 5.32 Å². The number of rotatable bonds is 4. The Hall–Kier alpha value is -2.16. The Bertz CT molecular complexity index is 817. The van der Waals surface area contributed by atoms with Crippen LogP contribution in [0.5, 0.6) is 0 Å². The first-order chi connectivity index (χ1) is 11.5. The van der Waals surface area contributed by atoms with Crippen LogP contribution in [0.3, 0.4) is 0 Å². The number of β-amino-alcohol motifs (C(OH)–C–C–N with tert-alkyl or cyclic N) is 1. The van der Waals surface area contributed by atoms with Crippen molar-refractivity contribution in [3.05, 3.63) is 48.4 Å². The van der Waals surface area contributed by atoms with Gasteiger partial charge in [0.1, 0.15) is 0 Å². The summed E-state index contributed by atoms with van der Waals surface area (Å²) in [7, 11) is -3.71. The number of amides is 1. The molecular formula is C16H18N2O5S. The zero-order valence-corrected chi connectivity index (χ0v) is 13.7. The fourth-order valence-corrected chi connectivity index (χ4v) is 4.19. The number of aliphatic hydroxyl groups excluding tert-OH is 1. The molecule has 3 rings (SSSR count). The summed E-state index contributed by atoms with van der Waals surface area (Å²) in [5.74, 6) is -0.314. The Morgan fingerprint density at radius 2 is 2.12 bits per heavy atom. The zero-order valence-electron chi connectivity index (χ0n) is 12.9. The predicted molar refractivity (Wildman–Crippen MR) is 87.1 cm³/mol. The number of carbonyl (C=O) groups is 1. The lowest BCUT2D eigenvalue weighted by atomic mass is 10.1. The van der Waals surface area contributed by atoms with Gasteiger partial charge in [-0.2, -0.15) is 4.31 Å². The van der Waals surface area contributed by atoms with Crippen molar-refractivity contribution >= 4 is 21.6 Å². The third kappa shape index (κ3) is 3.50. The maximum absolute atomic E-state index is 12.7. The average Bonchev–Trinajstić information content (AvgIpc) is 3.10. The van der Waals surface area contributed by atoms with E-state index in [1.807, 2.05) is 0 Å². The van der Waals surface area contributed by atoms with Crippen LogP contribution in [0.15, 0.2) is 52.0 Å². The van der Waals surface area contributed by atoms with Gasteiger partial charge in [0.15, 0.2) is 5.76 Å². The molecule has 1 unspecified atom stereocenters. The highest BCUT2D eigenvalue weighted by Gasteiger charge is 2.29. The summed E-state index contributed by atoms with van der Waals surface area (Å²) in [6.07, 6.45) is 1.97. The Morgan fingerprint density at radius 3 is 2.83 bits per heavy atom. The minimum atomic E-state index is -3.71. The normalized spacial score (nSPS) is 19.1.